The molecular formula is C15H24N2O3. The van der Waals surface area contributed by atoms with Crippen LogP contribution in [0.4, 0.5) is 4.79 Å². The molecule has 0 aromatic rings. The van der Waals surface area contributed by atoms with Gasteiger partial charge in [0.2, 0.25) is 0 Å². The monoisotopic (exact) mass is 280 g/mol. The second-order valence-electron chi connectivity index (χ2n) is 5.46. The Labute approximate surface area is 120 Å². The van der Waals surface area contributed by atoms with Crippen LogP contribution in [0.1, 0.15) is 46.0 Å². The van der Waals surface area contributed by atoms with E-state index in [0.717, 1.165) is 19.3 Å². The first kappa shape index (κ1) is 16.4. The normalized spacial score (nSPS) is 23.1. The van der Waals surface area contributed by atoms with Gasteiger partial charge in [-0.15, -0.1) is 6.42 Å². The number of carbonyl (C=O) groups is 2. The third kappa shape index (κ3) is 3.66. The average molecular weight is 280 g/mol. The summed E-state index contributed by atoms with van der Waals surface area (Å²) in [6.07, 6.45) is 8.91. The highest BCUT2D eigenvalue weighted by Crippen LogP contribution is 2.35. The number of nitrogens with one attached hydrogen (secondary N) is 1. The number of aliphatic carboxylic acids is 1. The number of nitrogens with zero attached hydrogens (tertiary/aromatic N) is 1. The van der Waals surface area contributed by atoms with Gasteiger partial charge in [-0.2, -0.15) is 0 Å². The van der Waals surface area contributed by atoms with Crippen molar-refractivity contribution in [2.75, 3.05) is 13.1 Å². The van der Waals surface area contributed by atoms with Gasteiger partial charge in [0, 0.05) is 13.1 Å². The number of urea groups is 1. The molecular weight excluding hydrogens is 256 g/mol. The molecule has 5 nitrogen and oxygen atoms in total. The summed E-state index contributed by atoms with van der Waals surface area (Å²) in [6, 6.07) is -0.529. The Kier molecular flexibility index (Phi) is 5.87. The van der Waals surface area contributed by atoms with Gasteiger partial charge in [0.15, 0.2) is 0 Å². The van der Waals surface area contributed by atoms with Crippen LogP contribution in [0.2, 0.25) is 0 Å². The molecule has 2 amide bonds. The highest BCUT2D eigenvalue weighted by atomic mass is 16.4. The molecule has 0 bridgehead atoms. The third-order valence-corrected chi connectivity index (χ3v) is 3.90. The quantitative estimate of drug-likeness (QED) is 0.732. The maximum atomic E-state index is 12.1. The lowest BCUT2D eigenvalue weighted by atomic mass is 9.83. The minimum atomic E-state index is -0.809. The number of amides is 2. The number of carbonyl (C=O) groups excluding carboxylic acids is 1. The van der Waals surface area contributed by atoms with Crippen molar-refractivity contribution in [2.45, 2.75) is 52.0 Å². The third-order valence-electron chi connectivity index (χ3n) is 3.90. The molecule has 0 aliphatic carbocycles. The van der Waals surface area contributed by atoms with E-state index in [1.807, 2.05) is 13.8 Å². The summed E-state index contributed by atoms with van der Waals surface area (Å²) in [5.74, 6) is 1.74. The minimum absolute atomic E-state index is 0.249. The standard InChI is InChI=1S/C15H24N2O3/c1-4-7-12(6-3)16-14(20)17-10-9-15(11-17,8-5-2)13(18)19/h3,12H,4-5,7-11H2,1-2H3,(H,16,20)(H,18,19). The van der Waals surface area contributed by atoms with Gasteiger partial charge in [0.1, 0.15) is 0 Å². The Hall–Kier alpha value is -1.70. The van der Waals surface area contributed by atoms with E-state index >= 15 is 0 Å². The largest absolute Gasteiger partial charge is 0.481 e. The van der Waals surface area contributed by atoms with E-state index in [4.69, 9.17) is 6.42 Å². The number of terminal acetylenes is 1. The number of hydrogen-bond acceptors (Lipinski definition) is 2. The molecule has 1 heterocycles. The zero-order chi connectivity index (χ0) is 15.2. The van der Waals surface area contributed by atoms with Crippen LogP contribution in [-0.4, -0.2) is 41.1 Å². The predicted octanol–water partition coefficient (Wildman–Crippen LogP) is 2.07. The topological polar surface area (TPSA) is 69.6 Å². The van der Waals surface area contributed by atoms with Crippen molar-refractivity contribution in [3.05, 3.63) is 0 Å². The molecule has 0 spiro atoms. The van der Waals surface area contributed by atoms with E-state index in [0.29, 0.717) is 19.4 Å². The van der Waals surface area contributed by atoms with Crippen molar-refractivity contribution in [1.82, 2.24) is 10.2 Å². The van der Waals surface area contributed by atoms with Crippen molar-refractivity contribution < 1.29 is 14.7 Å². The SMILES string of the molecule is C#CC(CCC)NC(=O)N1CCC(CCC)(C(=O)O)C1. The minimum Gasteiger partial charge on any atom is -0.481 e. The van der Waals surface area contributed by atoms with E-state index < -0.39 is 11.4 Å². The summed E-state index contributed by atoms with van der Waals surface area (Å²) in [5, 5.41) is 12.2. The van der Waals surface area contributed by atoms with Crippen LogP contribution in [0.5, 0.6) is 0 Å². The molecule has 1 rings (SSSR count). The maximum Gasteiger partial charge on any atom is 0.318 e. The van der Waals surface area contributed by atoms with E-state index in [2.05, 4.69) is 11.2 Å². The molecule has 2 N–H and O–H groups in total. The molecule has 2 unspecified atom stereocenters. The van der Waals surface area contributed by atoms with Crippen molar-refractivity contribution in [1.29, 1.82) is 0 Å². The van der Waals surface area contributed by atoms with Gasteiger partial charge in [0.05, 0.1) is 11.5 Å². The molecule has 20 heavy (non-hydrogen) atoms. The fourth-order valence-corrected chi connectivity index (χ4v) is 2.74. The molecule has 5 heteroatoms. The summed E-state index contributed by atoms with van der Waals surface area (Å²) in [6.45, 7) is 4.71. The molecule has 0 aromatic carbocycles. The highest BCUT2D eigenvalue weighted by molar-refractivity contribution is 5.80. The van der Waals surface area contributed by atoms with Crippen LogP contribution < -0.4 is 5.32 Å². The van der Waals surface area contributed by atoms with Gasteiger partial charge in [-0.3, -0.25) is 4.79 Å². The Morgan fingerprint density at radius 1 is 1.45 bits per heavy atom. The summed E-state index contributed by atoms with van der Waals surface area (Å²) < 4.78 is 0. The van der Waals surface area contributed by atoms with Gasteiger partial charge < -0.3 is 15.3 Å². The van der Waals surface area contributed by atoms with Crippen molar-refractivity contribution in [3.63, 3.8) is 0 Å². The number of rotatable bonds is 6. The van der Waals surface area contributed by atoms with E-state index in [1.54, 1.807) is 4.90 Å². The average Bonchev–Trinajstić information content (AvgIpc) is 2.84. The maximum absolute atomic E-state index is 12.1. The van der Waals surface area contributed by atoms with Crippen molar-refractivity contribution in [3.8, 4) is 12.3 Å². The van der Waals surface area contributed by atoms with Crippen molar-refractivity contribution >= 4 is 12.0 Å². The number of carboxylic acids is 1. The Morgan fingerprint density at radius 2 is 2.15 bits per heavy atom. The highest BCUT2D eigenvalue weighted by Gasteiger charge is 2.45. The number of likely N-dealkylation sites (tertiary alicyclic amines) is 1. The Morgan fingerprint density at radius 3 is 2.65 bits per heavy atom. The molecule has 1 aliphatic heterocycles. The molecule has 0 aromatic heterocycles. The molecule has 1 aliphatic rings. The summed E-state index contributed by atoms with van der Waals surface area (Å²) in [7, 11) is 0. The molecule has 1 saturated heterocycles. The lowest BCUT2D eigenvalue weighted by molar-refractivity contribution is -0.148. The number of carboxylic acid groups (broad SMARTS) is 1. The van der Waals surface area contributed by atoms with Gasteiger partial charge in [-0.25, -0.2) is 4.79 Å². The lowest BCUT2D eigenvalue weighted by Crippen LogP contribution is -2.45. The van der Waals surface area contributed by atoms with Gasteiger partial charge >= 0.3 is 12.0 Å². The summed E-state index contributed by atoms with van der Waals surface area (Å²) >= 11 is 0. The van der Waals surface area contributed by atoms with Gasteiger partial charge in [-0.1, -0.05) is 32.6 Å². The van der Waals surface area contributed by atoms with E-state index in [1.165, 1.54) is 0 Å². The van der Waals surface area contributed by atoms with Crippen molar-refractivity contribution in [2.24, 2.45) is 5.41 Å². The zero-order valence-corrected chi connectivity index (χ0v) is 12.3. The molecule has 0 saturated carbocycles. The van der Waals surface area contributed by atoms with Crippen LogP contribution >= 0.6 is 0 Å². The van der Waals surface area contributed by atoms with Crippen LogP contribution in [0.25, 0.3) is 0 Å². The van der Waals surface area contributed by atoms with Gasteiger partial charge in [0.25, 0.3) is 0 Å². The Balaban J connectivity index is 2.64. The van der Waals surface area contributed by atoms with Crippen LogP contribution in [0, 0.1) is 17.8 Å². The smallest absolute Gasteiger partial charge is 0.318 e. The fourth-order valence-electron chi connectivity index (χ4n) is 2.74. The zero-order valence-electron chi connectivity index (χ0n) is 12.3. The van der Waals surface area contributed by atoms with Gasteiger partial charge in [-0.05, 0) is 19.3 Å². The molecule has 0 radical (unpaired) electrons. The summed E-state index contributed by atoms with van der Waals surface area (Å²) in [5.41, 5.74) is -0.789. The molecule has 1 fully saturated rings. The first-order valence-electron chi connectivity index (χ1n) is 7.24. The summed E-state index contributed by atoms with van der Waals surface area (Å²) in [4.78, 5) is 25.2. The van der Waals surface area contributed by atoms with Crippen LogP contribution in [0.15, 0.2) is 0 Å². The first-order chi connectivity index (χ1) is 9.49. The van der Waals surface area contributed by atoms with E-state index in [9.17, 15) is 14.7 Å². The van der Waals surface area contributed by atoms with Crippen LogP contribution in [0.3, 0.4) is 0 Å². The number of hydrogen-bond donors (Lipinski definition) is 2. The Bertz CT molecular complexity index is 402. The fraction of sp³-hybridized carbons (Fsp3) is 0.733. The second kappa shape index (κ2) is 7.18. The second-order valence-corrected chi connectivity index (χ2v) is 5.46. The predicted molar refractivity (Wildman–Crippen MR) is 77.2 cm³/mol. The molecule has 2 atom stereocenters. The van der Waals surface area contributed by atoms with Crippen LogP contribution in [-0.2, 0) is 4.79 Å². The molecule has 112 valence electrons. The first-order valence-corrected chi connectivity index (χ1v) is 7.24. The lowest BCUT2D eigenvalue weighted by Gasteiger charge is -2.25. The van der Waals surface area contributed by atoms with E-state index in [-0.39, 0.29) is 18.6 Å².